The molecule has 2 amide bonds. The van der Waals surface area contributed by atoms with Crippen molar-refractivity contribution in [3.63, 3.8) is 0 Å². The molecule has 8 heteroatoms. The summed E-state index contributed by atoms with van der Waals surface area (Å²) < 4.78 is 5.50. The summed E-state index contributed by atoms with van der Waals surface area (Å²) in [5.41, 5.74) is 2.86. The van der Waals surface area contributed by atoms with E-state index in [4.69, 9.17) is 4.74 Å². The van der Waals surface area contributed by atoms with Crippen molar-refractivity contribution < 1.29 is 19.1 Å². The number of benzene rings is 2. The lowest BCUT2D eigenvalue weighted by Gasteiger charge is -2.40. The number of thiazole rings is 1. The zero-order valence-corrected chi connectivity index (χ0v) is 20.1. The molecule has 7 nitrogen and oxygen atoms in total. The molecule has 0 saturated carbocycles. The number of nitrogens with one attached hydrogen (secondary N) is 1. The number of nitrogens with zero attached hydrogens (tertiary/aromatic N) is 2. The Morgan fingerprint density at radius 1 is 1.06 bits per heavy atom. The van der Waals surface area contributed by atoms with Crippen molar-refractivity contribution in [2.24, 2.45) is 0 Å². The number of hydrogen-bond acceptors (Lipinski definition) is 6. The molecule has 1 N–H and O–H groups in total. The Balaban J connectivity index is 1.39. The van der Waals surface area contributed by atoms with Gasteiger partial charge < -0.3 is 9.64 Å². The van der Waals surface area contributed by atoms with Gasteiger partial charge in [0.15, 0.2) is 11.7 Å². The number of esters is 1. The zero-order valence-electron chi connectivity index (χ0n) is 19.2. The van der Waals surface area contributed by atoms with Crippen LogP contribution in [0.2, 0.25) is 0 Å². The fraction of sp³-hybridized carbons (Fsp3) is 0.308. The third kappa shape index (κ3) is 5.17. The average Bonchev–Trinajstić information content (AvgIpc) is 3.31. The second kappa shape index (κ2) is 10.2. The topological polar surface area (TPSA) is 88.6 Å². The average molecular weight is 478 g/mol. The highest BCUT2D eigenvalue weighted by atomic mass is 32.1. The van der Waals surface area contributed by atoms with Crippen LogP contribution < -0.4 is 5.32 Å². The minimum atomic E-state index is -0.882. The molecule has 176 valence electrons. The molecule has 0 radical (unpaired) electrons. The number of ether oxygens (including phenoxy) is 1. The number of rotatable bonds is 6. The van der Waals surface area contributed by atoms with Gasteiger partial charge in [0.25, 0.3) is 5.91 Å². The fourth-order valence-corrected chi connectivity index (χ4v) is 4.92. The molecule has 4 rings (SSSR count). The summed E-state index contributed by atoms with van der Waals surface area (Å²) in [7, 11) is 0. The minimum Gasteiger partial charge on any atom is -0.455 e. The molecule has 0 atom stereocenters. The van der Waals surface area contributed by atoms with E-state index in [1.165, 1.54) is 18.3 Å². The van der Waals surface area contributed by atoms with Gasteiger partial charge in [0, 0.05) is 31.0 Å². The van der Waals surface area contributed by atoms with Crippen molar-refractivity contribution in [3.8, 4) is 11.3 Å². The highest BCUT2D eigenvalue weighted by Crippen LogP contribution is 2.37. The SMILES string of the molecule is CC(=O)N1CCC(C(=O)OCC(=O)Nc2nc(-c3ccc(C)cc3)cs2)(c2ccccc2)CC1. The quantitative estimate of drug-likeness (QED) is 0.538. The first-order valence-corrected chi connectivity index (χ1v) is 12.1. The molecular formula is C26H27N3O4S. The van der Waals surface area contributed by atoms with Crippen molar-refractivity contribution in [2.45, 2.75) is 32.1 Å². The summed E-state index contributed by atoms with van der Waals surface area (Å²) in [4.78, 5) is 43.7. The van der Waals surface area contributed by atoms with Crippen LogP contribution in [-0.4, -0.2) is 47.4 Å². The summed E-state index contributed by atoms with van der Waals surface area (Å²) in [5.74, 6) is -0.901. The molecule has 0 bridgehead atoms. The van der Waals surface area contributed by atoms with Crippen molar-refractivity contribution in [3.05, 3.63) is 71.1 Å². The van der Waals surface area contributed by atoms with E-state index in [0.717, 1.165) is 22.4 Å². The van der Waals surface area contributed by atoms with E-state index in [-0.39, 0.29) is 5.91 Å². The van der Waals surface area contributed by atoms with Crippen LogP contribution in [0.3, 0.4) is 0 Å². The standard InChI is InChI=1S/C26H27N3O4S/c1-18-8-10-20(11-9-18)22-17-34-25(27-22)28-23(31)16-33-24(32)26(21-6-4-3-5-7-21)12-14-29(15-13-26)19(2)30/h3-11,17H,12-16H2,1-2H3,(H,27,28,31). The second-order valence-corrected chi connectivity index (χ2v) is 9.34. The predicted molar refractivity (Wildman–Crippen MR) is 131 cm³/mol. The molecule has 0 unspecified atom stereocenters. The second-order valence-electron chi connectivity index (χ2n) is 8.48. The number of aromatic nitrogens is 1. The highest BCUT2D eigenvalue weighted by Gasteiger charge is 2.44. The minimum absolute atomic E-state index is 0.0112. The molecule has 2 heterocycles. The van der Waals surface area contributed by atoms with Crippen LogP contribution in [0.25, 0.3) is 11.3 Å². The molecule has 1 fully saturated rings. The summed E-state index contributed by atoms with van der Waals surface area (Å²) >= 11 is 1.32. The van der Waals surface area contributed by atoms with Gasteiger partial charge in [-0.25, -0.2) is 4.98 Å². The van der Waals surface area contributed by atoms with Crippen LogP contribution in [0.1, 0.15) is 30.9 Å². The van der Waals surface area contributed by atoms with Gasteiger partial charge >= 0.3 is 5.97 Å². The smallest absolute Gasteiger partial charge is 0.317 e. The van der Waals surface area contributed by atoms with Crippen LogP contribution in [-0.2, 0) is 24.5 Å². The van der Waals surface area contributed by atoms with Crippen molar-refractivity contribution in [1.29, 1.82) is 0 Å². The number of anilines is 1. The fourth-order valence-electron chi connectivity index (χ4n) is 4.18. The summed E-state index contributed by atoms with van der Waals surface area (Å²) in [6, 6.07) is 17.4. The molecule has 3 aromatic rings. The Morgan fingerprint density at radius 2 is 1.74 bits per heavy atom. The van der Waals surface area contributed by atoms with E-state index in [0.29, 0.717) is 31.1 Å². The maximum Gasteiger partial charge on any atom is 0.317 e. The van der Waals surface area contributed by atoms with Crippen LogP contribution in [0.15, 0.2) is 60.0 Å². The van der Waals surface area contributed by atoms with E-state index in [1.54, 1.807) is 4.90 Å². The molecule has 0 aliphatic carbocycles. The number of carbonyl (C=O) groups excluding carboxylic acids is 3. The molecule has 1 aliphatic rings. The van der Waals surface area contributed by atoms with Gasteiger partial charge in [-0.2, -0.15) is 0 Å². The molecule has 0 spiro atoms. The van der Waals surface area contributed by atoms with Crippen molar-refractivity contribution >= 4 is 34.3 Å². The highest BCUT2D eigenvalue weighted by molar-refractivity contribution is 7.14. The van der Waals surface area contributed by atoms with Crippen LogP contribution in [0.4, 0.5) is 5.13 Å². The maximum atomic E-state index is 13.3. The third-order valence-corrected chi connectivity index (χ3v) is 6.97. The molecule has 34 heavy (non-hydrogen) atoms. The largest absolute Gasteiger partial charge is 0.455 e. The Hall–Kier alpha value is -3.52. The van der Waals surface area contributed by atoms with E-state index >= 15 is 0 Å². The summed E-state index contributed by atoms with van der Waals surface area (Å²) in [5, 5.41) is 5.04. The normalized spacial score (nSPS) is 14.9. The van der Waals surface area contributed by atoms with E-state index in [9.17, 15) is 14.4 Å². The lowest BCUT2D eigenvalue weighted by Crippen LogP contribution is -2.49. The Morgan fingerprint density at radius 3 is 2.38 bits per heavy atom. The van der Waals surface area contributed by atoms with Gasteiger partial charge in [-0.3, -0.25) is 19.7 Å². The molecule has 2 aromatic carbocycles. The first-order valence-electron chi connectivity index (χ1n) is 11.2. The monoisotopic (exact) mass is 477 g/mol. The Bertz CT molecular complexity index is 1170. The van der Waals surface area contributed by atoms with Crippen LogP contribution in [0, 0.1) is 6.92 Å². The summed E-state index contributed by atoms with van der Waals surface area (Å²) in [6.45, 7) is 4.08. The van der Waals surface area contributed by atoms with Gasteiger partial charge in [0.2, 0.25) is 5.91 Å². The van der Waals surface area contributed by atoms with Gasteiger partial charge in [0.1, 0.15) is 0 Å². The van der Waals surface area contributed by atoms with Crippen molar-refractivity contribution in [2.75, 3.05) is 25.0 Å². The number of carbonyl (C=O) groups is 3. The number of likely N-dealkylation sites (tertiary alicyclic amines) is 1. The van der Waals surface area contributed by atoms with Gasteiger partial charge in [0.05, 0.1) is 11.1 Å². The first kappa shape index (κ1) is 23.6. The number of hydrogen-bond donors (Lipinski definition) is 1. The van der Waals surface area contributed by atoms with Gasteiger partial charge in [-0.1, -0.05) is 60.2 Å². The van der Waals surface area contributed by atoms with Crippen LogP contribution in [0.5, 0.6) is 0 Å². The van der Waals surface area contributed by atoms with Crippen molar-refractivity contribution in [1.82, 2.24) is 9.88 Å². The molecular weight excluding hydrogens is 450 g/mol. The summed E-state index contributed by atoms with van der Waals surface area (Å²) in [6.07, 6.45) is 0.896. The lowest BCUT2D eigenvalue weighted by atomic mass is 9.72. The Labute approximate surface area is 202 Å². The number of piperidine rings is 1. The first-order chi connectivity index (χ1) is 16.4. The van der Waals surface area contributed by atoms with E-state index in [2.05, 4.69) is 10.3 Å². The molecule has 1 aromatic heterocycles. The molecule has 1 aliphatic heterocycles. The van der Waals surface area contributed by atoms with E-state index in [1.807, 2.05) is 66.9 Å². The zero-order chi connectivity index (χ0) is 24.1. The number of amides is 2. The van der Waals surface area contributed by atoms with Gasteiger partial charge in [-0.05, 0) is 25.3 Å². The number of aryl methyl sites for hydroxylation is 1. The lowest BCUT2D eigenvalue weighted by molar-refractivity contribution is -0.156. The Kier molecular flexibility index (Phi) is 7.07. The van der Waals surface area contributed by atoms with E-state index < -0.39 is 23.9 Å². The third-order valence-electron chi connectivity index (χ3n) is 6.21. The molecule has 1 saturated heterocycles. The van der Waals surface area contributed by atoms with Crippen LogP contribution >= 0.6 is 11.3 Å². The predicted octanol–water partition coefficient (Wildman–Crippen LogP) is 4.18. The van der Waals surface area contributed by atoms with Gasteiger partial charge in [-0.15, -0.1) is 11.3 Å². The maximum absolute atomic E-state index is 13.3.